The van der Waals surface area contributed by atoms with Crippen LogP contribution in [0.15, 0.2) is 0 Å². The van der Waals surface area contributed by atoms with E-state index in [0.717, 1.165) is 39.3 Å². The Morgan fingerprint density at radius 2 is 1.64 bits per heavy atom. The monoisotopic (exact) mass is 350 g/mol. The number of piperazine rings is 1. The third-order valence-corrected chi connectivity index (χ3v) is 4.39. The first-order valence-electron chi connectivity index (χ1n) is 8.83. The summed E-state index contributed by atoms with van der Waals surface area (Å²) in [5, 5.41) is 0. The number of likely N-dealkylation sites (N-methyl/N-ethyl adjacent to an activating group) is 1. The van der Waals surface area contributed by atoms with E-state index in [1.54, 1.807) is 0 Å². The molecule has 1 amide bonds. The van der Waals surface area contributed by atoms with E-state index in [-0.39, 0.29) is 11.9 Å². The van der Waals surface area contributed by atoms with Crippen molar-refractivity contribution in [2.24, 2.45) is 0 Å². The van der Waals surface area contributed by atoms with Gasteiger partial charge in [0.2, 0.25) is 17.8 Å². The van der Waals surface area contributed by atoms with Crippen molar-refractivity contribution in [1.29, 1.82) is 0 Å². The van der Waals surface area contributed by atoms with Crippen molar-refractivity contribution < 1.29 is 4.79 Å². The minimum Gasteiger partial charge on any atom is -0.368 e. The maximum Gasteiger partial charge on any atom is 0.236 e. The highest BCUT2D eigenvalue weighted by atomic mass is 16.2. The molecule has 0 aromatic carbocycles. The van der Waals surface area contributed by atoms with Crippen LogP contribution in [-0.4, -0.2) is 95.5 Å². The fraction of sp³-hybridized carbons (Fsp3) is 0.750. The summed E-state index contributed by atoms with van der Waals surface area (Å²) in [6.45, 7) is 10.2. The Hall–Kier alpha value is -2.00. The molecule has 1 aromatic rings. The van der Waals surface area contributed by atoms with E-state index >= 15 is 0 Å². The van der Waals surface area contributed by atoms with Gasteiger partial charge in [0, 0.05) is 53.4 Å². The van der Waals surface area contributed by atoms with Crippen LogP contribution in [0.1, 0.15) is 19.7 Å². The average molecular weight is 350 g/mol. The lowest BCUT2D eigenvalue weighted by Gasteiger charge is -2.34. The van der Waals surface area contributed by atoms with Gasteiger partial charge in [-0.3, -0.25) is 14.6 Å². The molecular formula is C16H30N8O. The minimum absolute atomic E-state index is 0.208. The van der Waals surface area contributed by atoms with Gasteiger partial charge in [0.1, 0.15) is 5.82 Å². The number of amides is 1. The number of aromatic nitrogens is 3. The second kappa shape index (κ2) is 8.91. The van der Waals surface area contributed by atoms with Crippen LogP contribution in [0.5, 0.6) is 0 Å². The van der Waals surface area contributed by atoms with Crippen LogP contribution in [0.25, 0.3) is 0 Å². The smallest absolute Gasteiger partial charge is 0.236 e. The zero-order chi connectivity index (χ0) is 18.4. The number of nitrogens with two attached hydrogens (primary N) is 1. The molecule has 140 valence electrons. The molecule has 0 bridgehead atoms. The third-order valence-electron chi connectivity index (χ3n) is 4.39. The van der Waals surface area contributed by atoms with Gasteiger partial charge >= 0.3 is 0 Å². The van der Waals surface area contributed by atoms with Crippen LogP contribution in [0, 0.1) is 0 Å². The molecule has 25 heavy (non-hydrogen) atoms. The number of nitrogen functional groups attached to an aromatic ring is 1. The molecule has 2 heterocycles. The van der Waals surface area contributed by atoms with Gasteiger partial charge in [0.25, 0.3) is 0 Å². The Bertz CT molecular complexity index is 567. The molecule has 2 N–H and O–H groups in total. The fourth-order valence-electron chi connectivity index (χ4n) is 2.87. The maximum atomic E-state index is 12.2. The highest BCUT2D eigenvalue weighted by Gasteiger charge is 2.21. The first-order chi connectivity index (χ1) is 11.9. The molecule has 1 aliphatic heterocycles. The van der Waals surface area contributed by atoms with Gasteiger partial charge in [-0.05, 0) is 13.8 Å². The molecule has 1 saturated heterocycles. The number of nitrogens with zero attached hydrogens (tertiary/aromatic N) is 7. The van der Waals surface area contributed by atoms with Gasteiger partial charge in [-0.1, -0.05) is 0 Å². The zero-order valence-corrected chi connectivity index (χ0v) is 15.8. The van der Waals surface area contributed by atoms with Crippen LogP contribution in [0.4, 0.5) is 11.9 Å². The van der Waals surface area contributed by atoms with Crippen LogP contribution in [0.3, 0.4) is 0 Å². The lowest BCUT2D eigenvalue weighted by molar-refractivity contribution is -0.132. The molecule has 1 fully saturated rings. The van der Waals surface area contributed by atoms with E-state index in [9.17, 15) is 4.79 Å². The molecule has 0 atom stereocenters. The van der Waals surface area contributed by atoms with Crippen molar-refractivity contribution in [3.8, 4) is 0 Å². The van der Waals surface area contributed by atoms with Gasteiger partial charge in [-0.2, -0.15) is 15.0 Å². The highest BCUT2D eigenvalue weighted by Crippen LogP contribution is 2.10. The zero-order valence-electron chi connectivity index (χ0n) is 15.8. The molecule has 0 aliphatic carbocycles. The second-order valence-electron chi connectivity index (χ2n) is 6.42. The second-order valence-corrected chi connectivity index (χ2v) is 6.42. The molecule has 1 aliphatic rings. The van der Waals surface area contributed by atoms with E-state index in [1.807, 2.05) is 37.7 Å². The predicted octanol–water partition coefficient (Wildman–Crippen LogP) is -0.494. The van der Waals surface area contributed by atoms with Crippen molar-refractivity contribution in [3.63, 3.8) is 0 Å². The standard InChI is InChI=1S/C16H30N8O/c1-5-24(6-2)14(25)12-23-9-7-22(8-10-23)11-13-18-15(17)20-16(19-13)21(3)4/h5-12H2,1-4H3,(H2,17,18,19,20). The lowest BCUT2D eigenvalue weighted by Crippen LogP contribution is -2.49. The molecule has 2 rings (SSSR count). The van der Waals surface area contributed by atoms with Gasteiger partial charge in [0.05, 0.1) is 13.1 Å². The number of rotatable bonds is 7. The molecule has 0 spiro atoms. The molecule has 0 radical (unpaired) electrons. The summed E-state index contributed by atoms with van der Waals surface area (Å²) in [6, 6.07) is 0. The molecule has 0 unspecified atom stereocenters. The molecule has 1 aromatic heterocycles. The summed E-state index contributed by atoms with van der Waals surface area (Å²) >= 11 is 0. The van der Waals surface area contributed by atoms with Crippen molar-refractivity contribution in [1.82, 2.24) is 29.7 Å². The fourth-order valence-corrected chi connectivity index (χ4v) is 2.87. The number of hydrogen-bond donors (Lipinski definition) is 1. The van der Waals surface area contributed by atoms with Crippen molar-refractivity contribution >= 4 is 17.8 Å². The number of hydrogen-bond acceptors (Lipinski definition) is 8. The van der Waals surface area contributed by atoms with E-state index in [4.69, 9.17) is 5.73 Å². The largest absolute Gasteiger partial charge is 0.368 e. The quantitative estimate of drug-likeness (QED) is 0.704. The topological polar surface area (TPSA) is 94.7 Å². The highest BCUT2D eigenvalue weighted by molar-refractivity contribution is 5.78. The Kier molecular flexibility index (Phi) is 6.89. The van der Waals surface area contributed by atoms with Crippen LogP contribution in [0.2, 0.25) is 0 Å². The number of carbonyl (C=O) groups is 1. The van der Waals surface area contributed by atoms with E-state index in [2.05, 4.69) is 24.8 Å². The third kappa shape index (κ3) is 5.50. The van der Waals surface area contributed by atoms with Crippen molar-refractivity contribution in [3.05, 3.63) is 5.82 Å². The van der Waals surface area contributed by atoms with E-state index in [1.165, 1.54) is 0 Å². The van der Waals surface area contributed by atoms with E-state index in [0.29, 0.717) is 24.9 Å². The van der Waals surface area contributed by atoms with Crippen LogP contribution >= 0.6 is 0 Å². The SMILES string of the molecule is CCN(CC)C(=O)CN1CCN(Cc2nc(N)nc(N(C)C)n2)CC1. The predicted molar refractivity (Wildman–Crippen MR) is 98.2 cm³/mol. The molecule has 9 nitrogen and oxygen atoms in total. The molecular weight excluding hydrogens is 320 g/mol. The summed E-state index contributed by atoms with van der Waals surface area (Å²) < 4.78 is 0. The summed E-state index contributed by atoms with van der Waals surface area (Å²) in [4.78, 5) is 33.2. The summed E-state index contributed by atoms with van der Waals surface area (Å²) in [7, 11) is 3.76. The van der Waals surface area contributed by atoms with Gasteiger partial charge in [-0.15, -0.1) is 0 Å². The maximum absolute atomic E-state index is 12.2. The van der Waals surface area contributed by atoms with Gasteiger partial charge in [0.15, 0.2) is 0 Å². The van der Waals surface area contributed by atoms with Crippen molar-refractivity contribution in [2.45, 2.75) is 20.4 Å². The summed E-state index contributed by atoms with van der Waals surface area (Å²) in [5.41, 5.74) is 5.78. The first kappa shape index (κ1) is 19.3. The number of anilines is 2. The summed E-state index contributed by atoms with van der Waals surface area (Å²) in [5.74, 6) is 1.71. The molecule has 0 saturated carbocycles. The van der Waals surface area contributed by atoms with Gasteiger partial charge in [-0.25, -0.2) is 0 Å². The first-order valence-corrected chi connectivity index (χ1v) is 8.83. The average Bonchev–Trinajstić information content (AvgIpc) is 2.57. The van der Waals surface area contributed by atoms with Crippen molar-refractivity contribution in [2.75, 3.05) is 70.5 Å². The Morgan fingerprint density at radius 1 is 1.04 bits per heavy atom. The number of carbonyl (C=O) groups excluding carboxylic acids is 1. The lowest BCUT2D eigenvalue weighted by atomic mass is 10.3. The van der Waals surface area contributed by atoms with Crippen LogP contribution < -0.4 is 10.6 Å². The Morgan fingerprint density at radius 3 is 2.20 bits per heavy atom. The minimum atomic E-state index is 0.208. The molecule has 9 heteroatoms. The Labute approximate surface area is 149 Å². The van der Waals surface area contributed by atoms with E-state index < -0.39 is 0 Å². The normalized spacial score (nSPS) is 16.0. The van der Waals surface area contributed by atoms with Gasteiger partial charge < -0.3 is 15.5 Å². The Balaban J connectivity index is 1.85. The summed E-state index contributed by atoms with van der Waals surface area (Å²) in [6.07, 6.45) is 0. The van der Waals surface area contributed by atoms with Crippen LogP contribution in [-0.2, 0) is 11.3 Å².